The third kappa shape index (κ3) is 5.13. The van der Waals surface area contributed by atoms with Crippen molar-refractivity contribution < 1.29 is 18.7 Å². The molecule has 6 heteroatoms. The number of carbonyl (C=O) groups excluding carboxylic acids is 1. The van der Waals surface area contributed by atoms with E-state index in [-0.39, 0.29) is 17.7 Å². The molecule has 27 heavy (non-hydrogen) atoms. The number of ether oxygens (including phenoxy) is 2. The van der Waals surface area contributed by atoms with E-state index in [1.165, 1.54) is 11.6 Å². The summed E-state index contributed by atoms with van der Waals surface area (Å²) in [6.07, 6.45) is 0.475. The van der Waals surface area contributed by atoms with Crippen LogP contribution in [0.25, 0.3) is 0 Å². The van der Waals surface area contributed by atoms with Gasteiger partial charge in [0.1, 0.15) is 23.8 Å². The average Bonchev–Trinajstić information content (AvgIpc) is 2.60. The lowest BCUT2D eigenvalue weighted by molar-refractivity contribution is 0.0223. The van der Waals surface area contributed by atoms with Gasteiger partial charge in [0.05, 0.1) is 5.02 Å². The Bertz CT molecular complexity index is 848. The summed E-state index contributed by atoms with van der Waals surface area (Å²) in [5.74, 6) is 0.247. The molecule has 0 atom stereocenters. The number of hydrogen-bond acceptors (Lipinski definition) is 3. The summed E-state index contributed by atoms with van der Waals surface area (Å²) in [5.41, 5.74) is 2.52. The highest BCUT2D eigenvalue weighted by molar-refractivity contribution is 6.30. The molecule has 1 amide bonds. The zero-order valence-corrected chi connectivity index (χ0v) is 16.5. The number of nitrogens with zero attached hydrogens (tertiary/aromatic N) is 1. The molecule has 0 saturated carbocycles. The number of benzene rings is 2. The molecular formula is C21H23ClFNO3. The first kappa shape index (κ1) is 19.5. The van der Waals surface area contributed by atoms with Crippen molar-refractivity contribution in [2.24, 2.45) is 0 Å². The molecule has 3 rings (SSSR count). The lowest BCUT2D eigenvalue weighted by Crippen LogP contribution is -2.39. The molecule has 1 aliphatic rings. The Balaban J connectivity index is 1.66. The van der Waals surface area contributed by atoms with Gasteiger partial charge < -0.3 is 14.4 Å². The number of hydrogen-bond donors (Lipinski definition) is 0. The van der Waals surface area contributed by atoms with Crippen molar-refractivity contribution in [1.29, 1.82) is 0 Å². The SMILES string of the molecule is CC(C)(C)OC(=O)N1CCc2ccc(OCc3ccc(F)c(Cl)c3)cc2C1. The first-order valence-corrected chi connectivity index (χ1v) is 9.25. The van der Waals surface area contributed by atoms with Crippen LogP contribution in [0.15, 0.2) is 36.4 Å². The quantitative estimate of drug-likeness (QED) is 0.707. The second kappa shape index (κ2) is 7.77. The zero-order chi connectivity index (χ0) is 19.6. The molecule has 0 bridgehead atoms. The lowest BCUT2D eigenvalue weighted by Gasteiger charge is -2.31. The maximum Gasteiger partial charge on any atom is 0.410 e. The topological polar surface area (TPSA) is 38.8 Å². The Morgan fingerprint density at radius 3 is 2.67 bits per heavy atom. The van der Waals surface area contributed by atoms with Gasteiger partial charge in [-0.05, 0) is 68.1 Å². The van der Waals surface area contributed by atoms with Crippen LogP contribution < -0.4 is 4.74 Å². The van der Waals surface area contributed by atoms with Crippen LogP contribution >= 0.6 is 11.6 Å². The number of halogens is 2. The number of fused-ring (bicyclic) bond motifs is 1. The van der Waals surface area contributed by atoms with Crippen molar-refractivity contribution in [2.75, 3.05) is 6.54 Å². The fourth-order valence-electron chi connectivity index (χ4n) is 2.90. The minimum atomic E-state index is -0.515. The Morgan fingerprint density at radius 1 is 1.19 bits per heavy atom. The van der Waals surface area contributed by atoms with Gasteiger partial charge in [-0.25, -0.2) is 9.18 Å². The minimum absolute atomic E-state index is 0.0783. The number of amides is 1. The van der Waals surface area contributed by atoms with Crippen molar-refractivity contribution >= 4 is 17.7 Å². The molecule has 0 unspecified atom stereocenters. The molecule has 0 aromatic heterocycles. The van der Waals surface area contributed by atoms with Gasteiger partial charge in [-0.3, -0.25) is 0 Å². The second-order valence-corrected chi connectivity index (χ2v) is 8.03. The summed E-state index contributed by atoms with van der Waals surface area (Å²) in [6, 6.07) is 10.4. The van der Waals surface area contributed by atoms with Gasteiger partial charge in [-0.15, -0.1) is 0 Å². The summed E-state index contributed by atoms with van der Waals surface area (Å²) in [4.78, 5) is 14.0. The van der Waals surface area contributed by atoms with Gasteiger partial charge in [-0.1, -0.05) is 23.7 Å². The first-order valence-electron chi connectivity index (χ1n) is 8.88. The molecule has 0 spiro atoms. The molecule has 144 valence electrons. The smallest absolute Gasteiger partial charge is 0.410 e. The van der Waals surface area contributed by atoms with Crippen LogP contribution in [0.2, 0.25) is 5.02 Å². The maximum atomic E-state index is 13.2. The molecule has 0 radical (unpaired) electrons. The minimum Gasteiger partial charge on any atom is -0.489 e. The van der Waals surface area contributed by atoms with E-state index < -0.39 is 11.4 Å². The molecule has 4 nitrogen and oxygen atoms in total. The molecule has 1 heterocycles. The van der Waals surface area contributed by atoms with Gasteiger partial charge in [-0.2, -0.15) is 0 Å². The van der Waals surface area contributed by atoms with Crippen LogP contribution in [0, 0.1) is 5.82 Å². The molecule has 0 aliphatic carbocycles. The largest absolute Gasteiger partial charge is 0.489 e. The van der Waals surface area contributed by atoms with Gasteiger partial charge in [0.15, 0.2) is 0 Å². The van der Waals surface area contributed by atoms with Crippen LogP contribution in [-0.4, -0.2) is 23.1 Å². The van der Waals surface area contributed by atoms with E-state index in [1.807, 2.05) is 39.0 Å². The predicted octanol–water partition coefficient (Wildman–Crippen LogP) is 5.35. The van der Waals surface area contributed by atoms with Crippen molar-refractivity contribution in [1.82, 2.24) is 4.90 Å². The van der Waals surface area contributed by atoms with Gasteiger partial charge >= 0.3 is 6.09 Å². The average molecular weight is 392 g/mol. The van der Waals surface area contributed by atoms with Crippen molar-refractivity contribution in [2.45, 2.75) is 45.9 Å². The summed E-state index contributed by atoms with van der Waals surface area (Å²) >= 11 is 5.80. The Morgan fingerprint density at radius 2 is 1.96 bits per heavy atom. The Hall–Kier alpha value is -2.27. The fourth-order valence-corrected chi connectivity index (χ4v) is 3.10. The van der Waals surface area contributed by atoms with E-state index in [4.69, 9.17) is 21.1 Å². The van der Waals surface area contributed by atoms with E-state index in [9.17, 15) is 9.18 Å². The molecule has 2 aromatic rings. The molecular weight excluding hydrogens is 369 g/mol. The summed E-state index contributed by atoms with van der Waals surface area (Å²) < 4.78 is 24.5. The fraction of sp³-hybridized carbons (Fsp3) is 0.381. The number of rotatable bonds is 3. The van der Waals surface area contributed by atoms with Crippen LogP contribution in [0.1, 0.15) is 37.5 Å². The summed E-state index contributed by atoms with van der Waals surface area (Å²) in [5, 5.41) is 0.0783. The monoisotopic (exact) mass is 391 g/mol. The van der Waals surface area contributed by atoms with Gasteiger partial charge in [0, 0.05) is 13.1 Å². The zero-order valence-electron chi connectivity index (χ0n) is 15.7. The predicted molar refractivity (Wildman–Crippen MR) is 103 cm³/mol. The highest BCUT2D eigenvalue weighted by Gasteiger charge is 2.25. The number of carbonyl (C=O) groups is 1. The summed E-state index contributed by atoms with van der Waals surface area (Å²) in [6.45, 7) is 6.98. The van der Waals surface area contributed by atoms with Crippen molar-refractivity contribution in [3.05, 3.63) is 63.9 Å². The van der Waals surface area contributed by atoms with Crippen LogP contribution in [0.5, 0.6) is 5.75 Å². The molecule has 0 N–H and O–H groups in total. The second-order valence-electron chi connectivity index (χ2n) is 7.62. The van der Waals surface area contributed by atoms with E-state index in [1.54, 1.807) is 17.0 Å². The first-order chi connectivity index (χ1) is 12.7. The van der Waals surface area contributed by atoms with E-state index in [0.717, 1.165) is 17.5 Å². The van der Waals surface area contributed by atoms with Gasteiger partial charge in [0.25, 0.3) is 0 Å². The maximum absolute atomic E-state index is 13.2. The van der Waals surface area contributed by atoms with E-state index in [2.05, 4.69) is 0 Å². The van der Waals surface area contributed by atoms with Crippen LogP contribution in [0.3, 0.4) is 0 Å². The Kier molecular flexibility index (Phi) is 5.61. The highest BCUT2D eigenvalue weighted by Crippen LogP contribution is 2.26. The van der Waals surface area contributed by atoms with E-state index in [0.29, 0.717) is 18.8 Å². The normalized spacial score (nSPS) is 13.9. The molecule has 0 saturated heterocycles. The summed E-state index contributed by atoms with van der Waals surface area (Å²) in [7, 11) is 0. The molecule has 1 aliphatic heterocycles. The van der Waals surface area contributed by atoms with Gasteiger partial charge in [0.2, 0.25) is 0 Å². The molecule has 0 fully saturated rings. The van der Waals surface area contributed by atoms with Crippen molar-refractivity contribution in [3.63, 3.8) is 0 Å². The standard InChI is InChI=1S/C21H23ClFNO3/c1-21(2,3)27-20(25)24-9-8-15-5-6-17(11-16(15)12-24)26-13-14-4-7-19(23)18(22)10-14/h4-7,10-11H,8-9,12-13H2,1-3H3. The van der Waals surface area contributed by atoms with Crippen LogP contribution in [-0.2, 0) is 24.3 Å². The third-order valence-electron chi connectivity index (χ3n) is 4.23. The Labute approximate surface area is 163 Å². The molecule has 2 aromatic carbocycles. The lowest BCUT2D eigenvalue weighted by atomic mass is 10.00. The highest BCUT2D eigenvalue weighted by atomic mass is 35.5. The van der Waals surface area contributed by atoms with E-state index >= 15 is 0 Å². The third-order valence-corrected chi connectivity index (χ3v) is 4.52. The van der Waals surface area contributed by atoms with Crippen molar-refractivity contribution in [3.8, 4) is 5.75 Å². The van der Waals surface area contributed by atoms with Crippen LogP contribution in [0.4, 0.5) is 9.18 Å².